The van der Waals surface area contributed by atoms with E-state index in [-0.39, 0.29) is 36.1 Å². The summed E-state index contributed by atoms with van der Waals surface area (Å²) in [4.78, 5) is 33.6. The molecule has 178 valence electrons. The van der Waals surface area contributed by atoms with Gasteiger partial charge in [0, 0.05) is 31.5 Å². The Kier molecular flexibility index (Phi) is 6.34. The first-order valence-electron chi connectivity index (χ1n) is 11.7. The largest absolute Gasteiger partial charge is 0.345 e. The second-order valence-electron chi connectivity index (χ2n) is 9.03. The molecule has 1 saturated carbocycles. The van der Waals surface area contributed by atoms with Crippen LogP contribution < -0.4 is 5.32 Å². The van der Waals surface area contributed by atoms with Gasteiger partial charge in [-0.3, -0.25) is 9.59 Å². The van der Waals surface area contributed by atoms with Gasteiger partial charge in [-0.05, 0) is 54.0 Å². The minimum atomic E-state index is -0.319. The van der Waals surface area contributed by atoms with Crippen molar-refractivity contribution in [3.63, 3.8) is 0 Å². The van der Waals surface area contributed by atoms with Crippen molar-refractivity contribution in [3.8, 4) is 10.6 Å². The number of pyridine rings is 1. The predicted molar refractivity (Wildman–Crippen MR) is 137 cm³/mol. The number of carbonyl (C=O) groups excluding carboxylic acids is 2. The lowest BCUT2D eigenvalue weighted by atomic mass is 9.96. The molecule has 0 unspecified atom stereocenters. The highest BCUT2D eigenvalue weighted by Crippen LogP contribution is 2.42. The van der Waals surface area contributed by atoms with Gasteiger partial charge in [-0.1, -0.05) is 36.4 Å². The van der Waals surface area contributed by atoms with E-state index in [4.69, 9.17) is 4.98 Å². The highest BCUT2D eigenvalue weighted by molar-refractivity contribution is 7.13. The van der Waals surface area contributed by atoms with Crippen LogP contribution in [0.5, 0.6) is 0 Å². The van der Waals surface area contributed by atoms with Crippen molar-refractivity contribution in [2.24, 2.45) is 5.92 Å². The van der Waals surface area contributed by atoms with Crippen LogP contribution in [0.25, 0.3) is 21.5 Å². The summed E-state index contributed by atoms with van der Waals surface area (Å²) >= 11 is 1.54. The van der Waals surface area contributed by atoms with Crippen LogP contribution in [0.1, 0.15) is 47.3 Å². The molecule has 4 aromatic rings. The number of carbonyl (C=O) groups is 2. The average Bonchev–Trinajstić information content (AvgIpc) is 3.54. The molecule has 1 N–H and O–H groups in total. The molecular weight excluding hydrogens is 461 g/mol. The van der Waals surface area contributed by atoms with Crippen LogP contribution in [0, 0.1) is 11.7 Å². The summed E-state index contributed by atoms with van der Waals surface area (Å²) in [5, 5.41) is 5.91. The highest BCUT2D eigenvalue weighted by atomic mass is 32.1. The van der Waals surface area contributed by atoms with Crippen molar-refractivity contribution in [1.29, 1.82) is 0 Å². The van der Waals surface area contributed by atoms with Gasteiger partial charge in [-0.15, -0.1) is 11.3 Å². The SMILES string of the molecule is CC(=O)N(C)Cc1c(-c2cccs2)nc2ccccc2c1C(=O)N[C@H](c1cccc(F)c1)C1CC1. The standard InChI is InChI=1S/C28H26FN3O2S/c1-17(33)32(2)16-22-25(21-9-3-4-10-23(21)30-27(22)24-11-6-14-35-24)28(34)31-26(18-12-13-18)19-7-5-8-20(29)15-19/h3-11,14-15,18,26H,12-13,16H2,1-2H3,(H,31,34)/t26-/m0/s1. The number of para-hydroxylation sites is 1. The third kappa shape index (κ3) is 4.82. The maximum atomic E-state index is 14.0. The third-order valence-corrected chi connectivity index (χ3v) is 7.37. The number of nitrogens with zero attached hydrogens (tertiary/aromatic N) is 2. The van der Waals surface area contributed by atoms with Crippen molar-refractivity contribution in [2.45, 2.75) is 32.4 Å². The van der Waals surface area contributed by atoms with Gasteiger partial charge in [-0.2, -0.15) is 0 Å². The summed E-state index contributed by atoms with van der Waals surface area (Å²) in [6.07, 6.45) is 1.97. The van der Waals surface area contributed by atoms with Crippen LogP contribution in [-0.4, -0.2) is 28.7 Å². The Morgan fingerprint density at radius 3 is 2.63 bits per heavy atom. The first-order valence-corrected chi connectivity index (χ1v) is 12.5. The molecule has 0 bridgehead atoms. The third-order valence-electron chi connectivity index (χ3n) is 6.50. The number of amides is 2. The molecule has 7 heteroatoms. The number of nitrogens with one attached hydrogen (secondary N) is 1. The average molecular weight is 488 g/mol. The molecule has 1 aliphatic carbocycles. The lowest BCUT2D eigenvalue weighted by molar-refractivity contribution is -0.128. The Morgan fingerprint density at radius 1 is 1.14 bits per heavy atom. The number of hydrogen-bond donors (Lipinski definition) is 1. The molecule has 2 heterocycles. The Balaban J connectivity index is 1.66. The molecule has 2 aromatic carbocycles. The van der Waals surface area contributed by atoms with Crippen LogP contribution >= 0.6 is 11.3 Å². The van der Waals surface area contributed by atoms with E-state index >= 15 is 0 Å². The molecule has 2 aromatic heterocycles. The lowest BCUT2D eigenvalue weighted by Gasteiger charge is -2.24. The van der Waals surface area contributed by atoms with Gasteiger partial charge in [-0.25, -0.2) is 9.37 Å². The quantitative estimate of drug-likeness (QED) is 0.350. The summed E-state index contributed by atoms with van der Waals surface area (Å²) < 4.78 is 14.0. The molecule has 0 aliphatic heterocycles. The number of thiophene rings is 1. The molecular formula is C28H26FN3O2S. The Bertz CT molecular complexity index is 1400. The molecule has 1 atom stereocenters. The van der Waals surface area contributed by atoms with E-state index in [1.807, 2.05) is 47.8 Å². The number of rotatable bonds is 7. The van der Waals surface area contributed by atoms with E-state index in [0.717, 1.165) is 28.7 Å². The topological polar surface area (TPSA) is 62.3 Å². The molecule has 0 spiro atoms. The second-order valence-corrected chi connectivity index (χ2v) is 9.97. The summed E-state index contributed by atoms with van der Waals surface area (Å²) in [6.45, 7) is 1.75. The zero-order chi connectivity index (χ0) is 24.5. The Labute approximate surface area is 207 Å². The van der Waals surface area contributed by atoms with Crippen molar-refractivity contribution in [1.82, 2.24) is 15.2 Å². The summed E-state index contributed by atoms with van der Waals surface area (Å²) in [5.74, 6) is -0.388. The maximum absolute atomic E-state index is 14.0. The monoisotopic (exact) mass is 487 g/mol. The van der Waals surface area contributed by atoms with E-state index in [9.17, 15) is 14.0 Å². The van der Waals surface area contributed by atoms with Crippen LogP contribution in [0.15, 0.2) is 66.0 Å². The zero-order valence-corrected chi connectivity index (χ0v) is 20.4. The predicted octanol–water partition coefficient (Wildman–Crippen LogP) is 5.96. The fourth-order valence-corrected chi connectivity index (χ4v) is 5.19. The lowest BCUT2D eigenvalue weighted by Crippen LogP contribution is -2.32. The van der Waals surface area contributed by atoms with Crippen LogP contribution in [0.4, 0.5) is 4.39 Å². The minimum Gasteiger partial charge on any atom is -0.345 e. The van der Waals surface area contributed by atoms with E-state index < -0.39 is 0 Å². The van der Waals surface area contributed by atoms with Gasteiger partial charge in [0.2, 0.25) is 5.91 Å². The number of halogens is 1. The molecule has 5 nitrogen and oxygen atoms in total. The number of fused-ring (bicyclic) bond motifs is 1. The van der Waals surface area contributed by atoms with Crippen molar-refractivity contribution < 1.29 is 14.0 Å². The maximum Gasteiger partial charge on any atom is 0.252 e. The van der Waals surface area contributed by atoms with E-state index in [2.05, 4.69) is 5.32 Å². The van der Waals surface area contributed by atoms with Gasteiger partial charge in [0.1, 0.15) is 5.82 Å². The second kappa shape index (κ2) is 9.58. The molecule has 5 rings (SSSR count). The number of hydrogen-bond acceptors (Lipinski definition) is 4. The van der Waals surface area contributed by atoms with Gasteiger partial charge in [0.25, 0.3) is 5.91 Å². The Morgan fingerprint density at radius 2 is 1.94 bits per heavy atom. The number of benzene rings is 2. The van der Waals surface area contributed by atoms with Gasteiger partial charge < -0.3 is 10.2 Å². The zero-order valence-electron chi connectivity index (χ0n) is 19.6. The fraction of sp³-hybridized carbons (Fsp3) is 0.250. The molecule has 0 saturated heterocycles. The van der Waals surface area contributed by atoms with Crippen LogP contribution in [0.2, 0.25) is 0 Å². The first-order chi connectivity index (χ1) is 16.9. The van der Waals surface area contributed by atoms with Crippen LogP contribution in [-0.2, 0) is 11.3 Å². The number of aromatic nitrogens is 1. The first kappa shape index (κ1) is 23.2. The minimum absolute atomic E-state index is 0.0998. The summed E-state index contributed by atoms with van der Waals surface area (Å²) in [6, 6.07) is 17.6. The molecule has 2 amide bonds. The van der Waals surface area contributed by atoms with Crippen molar-refractivity contribution >= 4 is 34.1 Å². The smallest absolute Gasteiger partial charge is 0.252 e. The van der Waals surface area contributed by atoms with Crippen molar-refractivity contribution in [3.05, 3.63) is 88.6 Å². The van der Waals surface area contributed by atoms with Crippen molar-refractivity contribution in [2.75, 3.05) is 7.05 Å². The van der Waals surface area contributed by atoms with Gasteiger partial charge in [0.15, 0.2) is 0 Å². The van der Waals surface area contributed by atoms with Gasteiger partial charge >= 0.3 is 0 Å². The summed E-state index contributed by atoms with van der Waals surface area (Å²) in [7, 11) is 1.72. The Hall–Kier alpha value is -3.58. The molecule has 1 aliphatic rings. The molecule has 0 radical (unpaired) electrons. The molecule has 1 fully saturated rings. The fourth-order valence-electron chi connectivity index (χ4n) is 4.45. The van der Waals surface area contributed by atoms with E-state index in [1.54, 1.807) is 29.4 Å². The molecule has 35 heavy (non-hydrogen) atoms. The normalized spacial score (nSPS) is 14.0. The summed E-state index contributed by atoms with van der Waals surface area (Å²) in [5.41, 5.74) is 3.39. The van der Waals surface area contributed by atoms with E-state index in [1.165, 1.54) is 19.1 Å². The highest BCUT2D eigenvalue weighted by Gasteiger charge is 2.35. The van der Waals surface area contributed by atoms with E-state index in [0.29, 0.717) is 22.3 Å². The van der Waals surface area contributed by atoms with Gasteiger partial charge in [0.05, 0.1) is 27.7 Å². The van der Waals surface area contributed by atoms with Crippen LogP contribution in [0.3, 0.4) is 0 Å².